The molecule has 6 aliphatic rings. The lowest BCUT2D eigenvalue weighted by Crippen LogP contribution is -2.45. The molecule has 0 unspecified atom stereocenters. The summed E-state index contributed by atoms with van der Waals surface area (Å²) >= 11 is 7.94. The number of thioether (sulfide) groups is 1. The van der Waals surface area contributed by atoms with E-state index >= 15 is 0 Å². The third-order valence-electron chi connectivity index (χ3n) is 24.6. The number of nitrogens with one attached hydrogen (secondary N) is 8. The second-order valence-electron chi connectivity index (χ2n) is 35.8. The van der Waals surface area contributed by atoms with Crippen molar-refractivity contribution in [2.24, 2.45) is 0 Å². The number of aromatic nitrogens is 5. The molecule has 10 aromatic rings. The first kappa shape index (κ1) is 105. The molecule has 5 saturated heterocycles. The Kier molecular flexibility index (Phi) is 37.2. The van der Waals surface area contributed by atoms with E-state index in [-0.39, 0.29) is 82.9 Å². The molecule has 5 aliphatic heterocycles. The molecule has 16 rings (SSSR count). The molecule has 10 heterocycles. The van der Waals surface area contributed by atoms with Crippen LogP contribution in [0.2, 0.25) is 0 Å². The van der Waals surface area contributed by atoms with Gasteiger partial charge in [-0.1, -0.05) is 92.4 Å². The summed E-state index contributed by atoms with van der Waals surface area (Å²) in [6, 6.07) is 33.9. The van der Waals surface area contributed by atoms with Crippen molar-refractivity contribution in [2.75, 3.05) is 144 Å². The van der Waals surface area contributed by atoms with E-state index in [0.29, 0.717) is 112 Å². The highest BCUT2D eigenvalue weighted by molar-refractivity contribution is 8.00. The zero-order valence-electron chi connectivity index (χ0n) is 79.4. The summed E-state index contributed by atoms with van der Waals surface area (Å²) in [5.41, 5.74) is 4.71. The molecule has 742 valence electrons. The van der Waals surface area contributed by atoms with Crippen LogP contribution in [-0.2, 0) is 41.3 Å². The molecule has 5 aromatic heterocycles. The van der Waals surface area contributed by atoms with Gasteiger partial charge in [0.1, 0.15) is 20.8 Å². The number of hydrogen-bond donors (Lipinski definition) is 9. The standard InChI is InChI=1S/C26H26F3N5O2S.C26H31N5O3S2.C25H33N5O3S.C24H31N5O3S/c1-3-22(35)31-19-10-6-17(7-11-19)24(36)34-14-4-5-20(16-34)32-25-30-15-23(37-25)33(2)21-12-8-18(9-13-21)26(27,28)29;1-5-21(32)29-18-10-8-17(9-11-18)24(33)31-12-6-7-19(15-31)30-25-28-14-23(36-25)35-16-22-27-13-20(34-22)26(2,3)4;1-3-22(32)27-18-8-6-17(7-9-18)24(33)30-14-4-5-19(16-30)28-25-26-15-23(34-25)29(2)20-10-12-21(31)13-11-20;1-3-21(30)26-18-8-6-17(7-9-18)23(31)29-12-4-5-19(16-29)27-24-25-15-22(33-24)28(2)20-10-13-32-14-11-20/h3,6-13,15,20H,1,4-5,14,16H2,2H3,(H,30,32)(H,31,35);5,8-11,13-14,19H,1,6-7,12,15-16H2,2-4H3,(H,28,30)(H,29,32);3,6-9,15,19-21,31H,1,4-5,10-14,16H2,2H3,(H,26,28)(H,27,32);3,6-9,15,19-20H,1,4-5,10-14,16H2,2H3,(H,25,27)(H,26,30)/t20-;19-;19-,20?,21?;19-/m1011/s1. The van der Waals surface area contributed by atoms with Crippen LogP contribution in [-0.4, -0.2) is 226 Å². The number of aliphatic hydroxyl groups is 1. The van der Waals surface area contributed by atoms with Gasteiger partial charge in [-0.15, -0.1) is 11.8 Å². The van der Waals surface area contributed by atoms with E-state index in [1.807, 2.05) is 33.3 Å². The zero-order chi connectivity index (χ0) is 99.6. The monoisotopic (exact) mass is 2010 g/mol. The predicted octanol–water partition coefficient (Wildman–Crippen LogP) is 18.7. The maximum atomic E-state index is 13.0. The molecule has 0 bridgehead atoms. The van der Waals surface area contributed by atoms with Crippen molar-refractivity contribution in [1.82, 2.24) is 44.5 Å². The number of hydrogen-bond acceptors (Lipinski definition) is 28. The number of nitrogens with zero attached hydrogens (tertiary/aromatic N) is 12. The van der Waals surface area contributed by atoms with Crippen LogP contribution < -0.4 is 57.2 Å². The highest BCUT2D eigenvalue weighted by Gasteiger charge is 2.35. The average Bonchev–Trinajstić information content (AvgIpc) is 1.59. The van der Waals surface area contributed by atoms with Crippen molar-refractivity contribution in [3.63, 3.8) is 0 Å². The van der Waals surface area contributed by atoms with Gasteiger partial charge in [-0.2, -0.15) is 13.2 Å². The Balaban J connectivity index is 0.000000157. The summed E-state index contributed by atoms with van der Waals surface area (Å²) in [5, 5.41) is 40.8. The highest BCUT2D eigenvalue weighted by Crippen LogP contribution is 2.40. The van der Waals surface area contributed by atoms with Gasteiger partial charge in [-0.25, -0.2) is 24.9 Å². The number of piperidine rings is 4. The van der Waals surface area contributed by atoms with Crippen LogP contribution in [0.1, 0.15) is 169 Å². The van der Waals surface area contributed by atoms with Gasteiger partial charge in [-0.05, 0) is 236 Å². The van der Waals surface area contributed by atoms with Gasteiger partial charge in [0, 0.05) is 179 Å². The smallest absolute Gasteiger partial charge is 0.416 e. The van der Waals surface area contributed by atoms with E-state index in [1.165, 1.54) is 47.8 Å². The van der Waals surface area contributed by atoms with Gasteiger partial charge in [0.25, 0.3) is 23.6 Å². The number of alkyl halides is 3. The summed E-state index contributed by atoms with van der Waals surface area (Å²) in [5.74, 6) is 0.987. The Morgan fingerprint density at radius 2 is 0.764 bits per heavy atom. The number of ether oxygens (including phenoxy) is 1. The molecular formula is C101H121F3N20O11S5. The highest BCUT2D eigenvalue weighted by atomic mass is 32.2. The molecule has 140 heavy (non-hydrogen) atoms. The third-order valence-corrected chi connectivity index (χ3v) is 29.8. The van der Waals surface area contributed by atoms with Gasteiger partial charge in [0.05, 0.1) is 52.6 Å². The van der Waals surface area contributed by atoms with Crippen molar-refractivity contribution >= 4 is 168 Å². The third kappa shape index (κ3) is 30.1. The Morgan fingerprint density at radius 3 is 1.10 bits per heavy atom. The lowest BCUT2D eigenvalue weighted by Gasteiger charge is -2.33. The van der Waals surface area contributed by atoms with Crippen molar-refractivity contribution in [3.05, 3.63) is 242 Å². The number of benzene rings is 5. The van der Waals surface area contributed by atoms with Crippen LogP contribution in [0.4, 0.5) is 77.1 Å². The lowest BCUT2D eigenvalue weighted by atomic mass is 9.92. The number of anilines is 12. The van der Waals surface area contributed by atoms with Gasteiger partial charge in [0.2, 0.25) is 29.5 Å². The predicted molar refractivity (Wildman–Crippen MR) is 553 cm³/mol. The summed E-state index contributed by atoms with van der Waals surface area (Å²) in [7, 11) is 6.01. The SMILES string of the molecule is C=CC(=O)Nc1ccc(C(=O)N2CCC[C@@H](Nc3ncc(N(C)C4CCC(O)CC4)s3)C2)cc1.C=CC(=O)Nc1ccc(C(=O)N2CCC[C@@H](Nc3ncc(N(C)C4CCOCC4)s3)C2)cc1.C=CC(=O)Nc1ccc(C(=O)N2CCC[C@@H](Nc3ncc(N(C)c4ccc(C(F)(F)F)cc4)s3)C2)cc1.C=CC(=O)Nc1ccc(C(=O)N2CCC[C@H](Nc3ncc(SCc4ncc(C(C)(C)C)o4)s3)C2)cc1. The number of rotatable bonds is 29. The number of carbonyl (C=O) groups is 8. The maximum absolute atomic E-state index is 13.0. The van der Waals surface area contributed by atoms with E-state index in [1.54, 1.807) is 172 Å². The van der Waals surface area contributed by atoms with Crippen molar-refractivity contribution in [3.8, 4) is 0 Å². The topological polar surface area (TPSA) is 363 Å². The van der Waals surface area contributed by atoms with E-state index < -0.39 is 11.7 Å². The number of halogens is 3. The fraction of sp³-hybridized carbons (Fsp3) is 0.396. The van der Waals surface area contributed by atoms with Crippen molar-refractivity contribution in [1.29, 1.82) is 0 Å². The van der Waals surface area contributed by atoms with Gasteiger partial charge in [0.15, 0.2) is 20.5 Å². The minimum atomic E-state index is -4.37. The van der Waals surface area contributed by atoms with Crippen LogP contribution in [0.25, 0.3) is 0 Å². The quantitative estimate of drug-likeness (QED) is 0.0155. The van der Waals surface area contributed by atoms with Gasteiger partial charge >= 0.3 is 6.18 Å². The molecular weight excluding hydrogens is 1890 g/mol. The first-order valence-corrected chi connectivity index (χ1v) is 51.0. The van der Waals surface area contributed by atoms with E-state index in [9.17, 15) is 56.6 Å². The first-order valence-electron chi connectivity index (χ1n) is 46.7. The van der Waals surface area contributed by atoms with Crippen LogP contribution in [0.5, 0.6) is 0 Å². The minimum absolute atomic E-state index is 0.00201. The molecule has 0 radical (unpaired) electrons. The average molecular weight is 2010 g/mol. The summed E-state index contributed by atoms with van der Waals surface area (Å²) in [4.78, 5) is 134. The molecule has 9 N–H and O–H groups in total. The Morgan fingerprint density at radius 1 is 0.436 bits per heavy atom. The Hall–Kier alpha value is -12.8. The largest absolute Gasteiger partial charge is 0.444 e. The molecule has 1 saturated carbocycles. The molecule has 0 spiro atoms. The van der Waals surface area contributed by atoms with Crippen molar-refractivity contribution in [2.45, 2.75) is 175 Å². The molecule has 39 heteroatoms. The zero-order valence-corrected chi connectivity index (χ0v) is 83.4. The van der Waals surface area contributed by atoms with E-state index in [2.05, 4.69) is 138 Å². The molecule has 5 aromatic carbocycles. The van der Waals surface area contributed by atoms with E-state index in [0.717, 1.165) is 175 Å². The minimum Gasteiger partial charge on any atom is -0.444 e. The Bertz CT molecular complexity index is 5860. The fourth-order valence-electron chi connectivity index (χ4n) is 16.7. The lowest BCUT2D eigenvalue weighted by molar-refractivity contribution is -0.137. The molecule has 1 aliphatic carbocycles. The van der Waals surface area contributed by atoms with Crippen molar-refractivity contribution < 1.29 is 65.8 Å². The second kappa shape index (κ2) is 49.9. The summed E-state index contributed by atoms with van der Waals surface area (Å²) in [6.45, 7) is 26.9. The van der Waals surface area contributed by atoms with Gasteiger partial charge in [-0.3, -0.25) is 38.4 Å². The summed E-state index contributed by atoms with van der Waals surface area (Å²) in [6.07, 6.45) is 22.7. The van der Waals surface area contributed by atoms with Crippen LogP contribution in [0.15, 0.2) is 212 Å². The van der Waals surface area contributed by atoms with E-state index in [4.69, 9.17) is 9.15 Å². The molecule has 8 amide bonds. The second-order valence-corrected chi connectivity index (χ2v) is 41.1. The first-order chi connectivity index (χ1) is 67.3. The Labute approximate surface area is 834 Å². The number of aliphatic hydroxyl groups excluding tert-OH is 1. The number of carbonyl (C=O) groups excluding carboxylic acids is 8. The number of thiazole rings is 4. The van der Waals surface area contributed by atoms with Crippen LogP contribution >= 0.6 is 57.1 Å². The van der Waals surface area contributed by atoms with Crippen LogP contribution in [0, 0.1) is 0 Å². The number of amides is 8. The number of oxazole rings is 1. The van der Waals surface area contributed by atoms with Crippen LogP contribution in [0.3, 0.4) is 0 Å². The number of likely N-dealkylation sites (tertiary alicyclic amines) is 4. The molecule has 4 atom stereocenters. The van der Waals surface area contributed by atoms with Gasteiger partial charge < -0.3 is 91.1 Å². The fourth-order valence-corrected chi connectivity index (χ4v) is 21.2. The maximum Gasteiger partial charge on any atom is 0.416 e. The summed E-state index contributed by atoms with van der Waals surface area (Å²) < 4.78 is 51.0. The molecule has 31 nitrogen and oxygen atoms in total. The normalized spacial score (nSPS) is 18.2. The molecule has 6 fully saturated rings.